The van der Waals surface area contributed by atoms with E-state index in [9.17, 15) is 19.2 Å². The fraction of sp³-hybridized carbons (Fsp3) is 0.111. The zero-order valence-electron chi connectivity index (χ0n) is 14.0. The van der Waals surface area contributed by atoms with Crippen molar-refractivity contribution in [3.05, 3.63) is 53.6 Å². The van der Waals surface area contributed by atoms with Gasteiger partial charge in [0, 0.05) is 11.3 Å². The minimum atomic E-state index is -0.720. The van der Waals surface area contributed by atoms with Crippen LogP contribution in [0.25, 0.3) is 0 Å². The Morgan fingerprint density at radius 2 is 1.81 bits per heavy atom. The van der Waals surface area contributed by atoms with Crippen LogP contribution in [0.5, 0.6) is 5.75 Å². The van der Waals surface area contributed by atoms with Crippen molar-refractivity contribution in [2.45, 2.75) is 0 Å². The molecule has 9 heteroatoms. The molecule has 3 rings (SSSR count). The first-order chi connectivity index (χ1) is 12.9. The number of rotatable bonds is 5. The first kappa shape index (κ1) is 17.9. The number of esters is 1. The number of hydrogen-bond acceptors (Lipinski definition) is 6. The van der Waals surface area contributed by atoms with Crippen LogP contribution in [-0.4, -0.2) is 36.9 Å². The number of Topliss-reactive ketones (excluding diaryl/α,β-unsaturated/α-hetero) is 1. The number of nitrogens with two attached hydrogens (primary N) is 1. The van der Waals surface area contributed by atoms with Gasteiger partial charge in [-0.05, 0) is 42.5 Å². The van der Waals surface area contributed by atoms with Gasteiger partial charge in [0.1, 0.15) is 5.75 Å². The molecule has 0 bridgehead atoms. The maximum absolute atomic E-state index is 12.2. The van der Waals surface area contributed by atoms with Gasteiger partial charge in [-0.2, -0.15) is 0 Å². The molecule has 138 valence electrons. The maximum Gasteiger partial charge on any atom is 0.338 e. The number of ether oxygens (including phenoxy) is 2. The monoisotopic (exact) mass is 369 g/mol. The van der Waals surface area contributed by atoms with Crippen molar-refractivity contribution in [3.8, 4) is 5.75 Å². The van der Waals surface area contributed by atoms with Gasteiger partial charge in [-0.3, -0.25) is 9.59 Å². The second kappa shape index (κ2) is 7.56. The average Bonchev–Trinajstić information content (AvgIpc) is 2.65. The minimum absolute atomic E-state index is 0.0777. The molecule has 0 unspecified atom stereocenters. The van der Waals surface area contributed by atoms with E-state index in [4.69, 9.17) is 15.2 Å². The molecule has 1 aliphatic heterocycles. The normalized spacial score (nSPS) is 12.2. The number of carbonyl (C=O) groups excluding carboxylic acids is 4. The molecule has 0 aliphatic carbocycles. The number of fused-ring (bicyclic) bond motifs is 1. The Hall–Kier alpha value is -3.88. The van der Waals surface area contributed by atoms with Gasteiger partial charge in [0.2, 0.25) is 0 Å². The summed E-state index contributed by atoms with van der Waals surface area (Å²) in [5.74, 6) is -0.970. The molecule has 1 aliphatic rings. The number of ketones is 1. The molecule has 2 aromatic carbocycles. The second-order valence-electron chi connectivity index (χ2n) is 5.61. The van der Waals surface area contributed by atoms with Crippen molar-refractivity contribution >= 4 is 35.1 Å². The first-order valence-corrected chi connectivity index (χ1v) is 7.86. The average molecular weight is 369 g/mol. The SMILES string of the molecule is NC(=O)Nc1ccc(C(=O)OCC(=O)c2ccc3c(c2)NC(=O)CO3)cc1. The number of urea groups is 1. The number of carbonyl (C=O) groups is 4. The van der Waals surface area contributed by atoms with E-state index in [0.717, 1.165) is 0 Å². The van der Waals surface area contributed by atoms with Gasteiger partial charge < -0.3 is 25.8 Å². The van der Waals surface area contributed by atoms with Crippen LogP contribution in [0.1, 0.15) is 20.7 Å². The van der Waals surface area contributed by atoms with Gasteiger partial charge in [0.15, 0.2) is 19.0 Å². The first-order valence-electron chi connectivity index (χ1n) is 7.86. The molecule has 1 heterocycles. The topological polar surface area (TPSA) is 137 Å². The van der Waals surface area contributed by atoms with Crippen molar-refractivity contribution in [2.24, 2.45) is 5.73 Å². The van der Waals surface area contributed by atoms with Gasteiger partial charge in [-0.25, -0.2) is 9.59 Å². The highest BCUT2D eigenvalue weighted by atomic mass is 16.5. The number of benzene rings is 2. The molecule has 9 nitrogen and oxygen atoms in total. The summed E-state index contributed by atoms with van der Waals surface area (Å²) < 4.78 is 10.2. The van der Waals surface area contributed by atoms with Gasteiger partial charge in [-0.15, -0.1) is 0 Å². The van der Waals surface area contributed by atoms with E-state index in [-0.39, 0.29) is 23.6 Å². The Kier molecular flexibility index (Phi) is 5.02. The molecule has 4 N–H and O–H groups in total. The summed E-state index contributed by atoms with van der Waals surface area (Å²) in [5.41, 5.74) is 6.30. The third-order valence-electron chi connectivity index (χ3n) is 3.66. The summed E-state index contributed by atoms with van der Waals surface area (Å²) in [4.78, 5) is 46.4. The highest BCUT2D eigenvalue weighted by Gasteiger charge is 2.18. The van der Waals surface area contributed by atoms with Crippen LogP contribution in [0.15, 0.2) is 42.5 Å². The minimum Gasteiger partial charge on any atom is -0.482 e. The number of anilines is 2. The van der Waals surface area contributed by atoms with Crippen molar-refractivity contribution in [2.75, 3.05) is 23.8 Å². The molecule has 0 spiro atoms. The standard InChI is InChI=1S/C18H15N3O6/c19-18(25)20-12-4-1-10(2-5-12)17(24)27-8-14(22)11-3-6-15-13(7-11)21-16(23)9-26-15/h1-7H,8-9H2,(H,21,23)(H3,19,20,25). The summed E-state index contributed by atoms with van der Waals surface area (Å²) in [5, 5.41) is 4.96. The molecule has 3 amide bonds. The second-order valence-corrected chi connectivity index (χ2v) is 5.61. The van der Waals surface area contributed by atoms with Crippen LogP contribution in [0.2, 0.25) is 0 Å². The zero-order chi connectivity index (χ0) is 19.4. The van der Waals surface area contributed by atoms with Crippen molar-refractivity contribution < 1.29 is 28.7 Å². The maximum atomic E-state index is 12.2. The molecular formula is C18H15N3O6. The Balaban J connectivity index is 1.60. The molecule has 0 radical (unpaired) electrons. The number of hydrogen-bond donors (Lipinski definition) is 3. The van der Waals surface area contributed by atoms with Crippen molar-refractivity contribution in [1.82, 2.24) is 0 Å². The molecule has 27 heavy (non-hydrogen) atoms. The predicted molar refractivity (Wildman–Crippen MR) is 94.8 cm³/mol. The summed E-state index contributed by atoms with van der Waals surface area (Å²) in [6, 6.07) is 9.67. The van der Waals surface area contributed by atoms with E-state index < -0.39 is 24.4 Å². The fourth-order valence-corrected chi connectivity index (χ4v) is 2.39. The summed E-state index contributed by atoms with van der Waals surface area (Å²) in [7, 11) is 0. The Labute approximate surface area is 153 Å². The third kappa shape index (κ3) is 4.40. The molecule has 2 aromatic rings. The Bertz CT molecular complexity index is 923. The smallest absolute Gasteiger partial charge is 0.338 e. The van der Waals surface area contributed by atoms with Crippen LogP contribution >= 0.6 is 0 Å². The lowest BCUT2D eigenvalue weighted by atomic mass is 10.1. The van der Waals surface area contributed by atoms with Gasteiger partial charge in [0.05, 0.1) is 11.3 Å². The third-order valence-corrected chi connectivity index (χ3v) is 3.66. The van der Waals surface area contributed by atoms with Crippen LogP contribution in [0, 0.1) is 0 Å². The van der Waals surface area contributed by atoms with E-state index >= 15 is 0 Å². The number of primary amides is 1. The number of amides is 3. The van der Waals surface area contributed by atoms with Crippen LogP contribution < -0.4 is 21.1 Å². The van der Waals surface area contributed by atoms with Gasteiger partial charge in [0.25, 0.3) is 5.91 Å². The summed E-state index contributed by atoms with van der Waals surface area (Å²) in [6.07, 6.45) is 0. The highest BCUT2D eigenvalue weighted by Crippen LogP contribution is 2.28. The fourth-order valence-electron chi connectivity index (χ4n) is 2.39. The highest BCUT2D eigenvalue weighted by molar-refractivity contribution is 6.02. The van der Waals surface area contributed by atoms with Gasteiger partial charge in [-0.1, -0.05) is 0 Å². The summed E-state index contributed by atoms with van der Waals surface area (Å²) >= 11 is 0. The predicted octanol–water partition coefficient (Wildman–Crippen LogP) is 1.55. The largest absolute Gasteiger partial charge is 0.482 e. The van der Waals surface area contributed by atoms with E-state index in [0.29, 0.717) is 17.1 Å². The molecule has 0 aromatic heterocycles. The van der Waals surface area contributed by atoms with Gasteiger partial charge >= 0.3 is 12.0 Å². The van der Waals surface area contributed by atoms with Crippen molar-refractivity contribution in [3.63, 3.8) is 0 Å². The molecule has 0 fully saturated rings. The molecule has 0 saturated carbocycles. The van der Waals surface area contributed by atoms with Crippen LogP contribution in [-0.2, 0) is 9.53 Å². The summed E-state index contributed by atoms with van der Waals surface area (Å²) in [6.45, 7) is -0.542. The lowest BCUT2D eigenvalue weighted by Gasteiger charge is -2.18. The van der Waals surface area contributed by atoms with Crippen LogP contribution in [0.4, 0.5) is 16.2 Å². The van der Waals surface area contributed by atoms with Crippen molar-refractivity contribution in [1.29, 1.82) is 0 Å². The van der Waals surface area contributed by atoms with E-state index in [1.165, 1.54) is 36.4 Å². The number of nitrogens with one attached hydrogen (secondary N) is 2. The quantitative estimate of drug-likeness (QED) is 0.540. The Morgan fingerprint density at radius 1 is 1.11 bits per heavy atom. The lowest BCUT2D eigenvalue weighted by Crippen LogP contribution is -2.25. The van der Waals surface area contributed by atoms with E-state index in [2.05, 4.69) is 10.6 Å². The molecule has 0 atom stereocenters. The molecule has 0 saturated heterocycles. The molecular weight excluding hydrogens is 354 g/mol. The zero-order valence-corrected chi connectivity index (χ0v) is 14.0. The Morgan fingerprint density at radius 3 is 2.52 bits per heavy atom. The van der Waals surface area contributed by atoms with Crippen LogP contribution in [0.3, 0.4) is 0 Å². The van der Waals surface area contributed by atoms with E-state index in [1.54, 1.807) is 6.07 Å². The van der Waals surface area contributed by atoms with E-state index in [1.807, 2.05) is 0 Å². The lowest BCUT2D eigenvalue weighted by molar-refractivity contribution is -0.118.